The molecule has 1 fully saturated rings. The van der Waals surface area contributed by atoms with E-state index in [1.165, 1.54) is 26.4 Å². The van der Waals surface area contributed by atoms with Gasteiger partial charge < -0.3 is 29.5 Å². The van der Waals surface area contributed by atoms with Gasteiger partial charge in [0.1, 0.15) is 12.2 Å². The third-order valence-corrected chi connectivity index (χ3v) is 4.84. The molecule has 3 N–H and O–H groups in total. The second kappa shape index (κ2) is 7.36. The van der Waals surface area contributed by atoms with Crippen LogP contribution in [0.3, 0.4) is 0 Å². The number of esters is 1. The number of carbonyl (C=O) groups excluding carboxylic acids is 1. The Morgan fingerprint density at radius 2 is 1.59 bits per heavy atom. The summed E-state index contributed by atoms with van der Waals surface area (Å²) in [6.45, 7) is -0.116. The van der Waals surface area contributed by atoms with E-state index >= 15 is 0 Å². The van der Waals surface area contributed by atoms with E-state index in [2.05, 4.69) is 0 Å². The molecule has 0 spiro atoms. The topological polar surface area (TPSA) is 105 Å². The van der Waals surface area contributed by atoms with Crippen molar-refractivity contribution in [2.75, 3.05) is 20.8 Å². The first-order chi connectivity index (χ1) is 12.9. The molecule has 1 saturated heterocycles. The molecule has 1 aliphatic rings. The first kappa shape index (κ1) is 18.8. The standard InChI is InChI=1S/C20H22O7/c1-25-17-8-12(3-5-15(17)21)7-14-19(23)27-11-20(14,24)10-13-4-6-16(22)18(9-13)26-2/h3-6,8-9,14,21-22,24H,7,10-11H2,1-2H3/t14-,20+/m1/s1. The summed E-state index contributed by atoms with van der Waals surface area (Å²) >= 11 is 0. The van der Waals surface area contributed by atoms with Gasteiger partial charge >= 0.3 is 5.97 Å². The van der Waals surface area contributed by atoms with Crippen molar-refractivity contribution in [3.63, 3.8) is 0 Å². The first-order valence-electron chi connectivity index (χ1n) is 8.47. The molecule has 2 aromatic carbocycles. The number of aromatic hydroxyl groups is 2. The highest BCUT2D eigenvalue weighted by molar-refractivity contribution is 5.77. The molecule has 2 atom stereocenters. The van der Waals surface area contributed by atoms with Crippen LogP contribution in [0.15, 0.2) is 36.4 Å². The number of benzene rings is 2. The molecule has 2 aromatic rings. The van der Waals surface area contributed by atoms with Crippen LogP contribution in [0, 0.1) is 5.92 Å². The molecule has 0 aromatic heterocycles. The van der Waals surface area contributed by atoms with E-state index < -0.39 is 17.5 Å². The van der Waals surface area contributed by atoms with Gasteiger partial charge in [-0.25, -0.2) is 0 Å². The summed E-state index contributed by atoms with van der Waals surface area (Å²) in [6, 6.07) is 9.56. The van der Waals surface area contributed by atoms with Crippen molar-refractivity contribution in [1.82, 2.24) is 0 Å². The van der Waals surface area contributed by atoms with Crippen molar-refractivity contribution < 1.29 is 34.3 Å². The molecule has 0 bridgehead atoms. The van der Waals surface area contributed by atoms with E-state index in [0.717, 1.165) is 5.56 Å². The maximum absolute atomic E-state index is 12.3. The quantitative estimate of drug-likeness (QED) is 0.662. The van der Waals surface area contributed by atoms with Crippen molar-refractivity contribution in [3.05, 3.63) is 47.5 Å². The lowest BCUT2D eigenvalue weighted by Crippen LogP contribution is -2.41. The van der Waals surface area contributed by atoms with Crippen molar-refractivity contribution in [2.45, 2.75) is 18.4 Å². The van der Waals surface area contributed by atoms with E-state index in [1.54, 1.807) is 24.3 Å². The van der Waals surface area contributed by atoms with Gasteiger partial charge in [-0.15, -0.1) is 0 Å². The van der Waals surface area contributed by atoms with Gasteiger partial charge in [-0.2, -0.15) is 0 Å². The summed E-state index contributed by atoms with van der Waals surface area (Å²) in [5.41, 5.74) is 0.0402. The molecule has 0 radical (unpaired) electrons. The second-order valence-electron chi connectivity index (χ2n) is 6.66. The molecule has 0 aliphatic carbocycles. The molecular formula is C20H22O7. The maximum Gasteiger partial charge on any atom is 0.312 e. The number of phenols is 2. The molecule has 7 heteroatoms. The minimum Gasteiger partial charge on any atom is -0.504 e. The normalized spacial score (nSPS) is 21.7. The van der Waals surface area contributed by atoms with Crippen LogP contribution in [-0.4, -0.2) is 47.7 Å². The summed E-state index contributed by atoms with van der Waals surface area (Å²) in [6.07, 6.45) is 0.399. The fourth-order valence-corrected chi connectivity index (χ4v) is 3.33. The van der Waals surface area contributed by atoms with Crippen LogP contribution in [0.1, 0.15) is 11.1 Å². The van der Waals surface area contributed by atoms with Crippen LogP contribution < -0.4 is 9.47 Å². The molecule has 27 heavy (non-hydrogen) atoms. The Labute approximate surface area is 156 Å². The van der Waals surface area contributed by atoms with Crippen molar-refractivity contribution in [1.29, 1.82) is 0 Å². The predicted molar refractivity (Wildman–Crippen MR) is 96.1 cm³/mol. The Morgan fingerprint density at radius 3 is 2.19 bits per heavy atom. The van der Waals surface area contributed by atoms with Gasteiger partial charge in [0.15, 0.2) is 23.0 Å². The van der Waals surface area contributed by atoms with E-state index in [0.29, 0.717) is 17.1 Å². The predicted octanol–water partition coefficient (Wildman–Crippen LogP) is 1.80. The Morgan fingerprint density at radius 1 is 1.04 bits per heavy atom. The van der Waals surface area contributed by atoms with Crippen LogP contribution in [-0.2, 0) is 22.4 Å². The number of rotatable bonds is 6. The molecule has 1 aliphatic heterocycles. The summed E-state index contributed by atoms with van der Waals surface area (Å²) in [5.74, 6) is -0.657. The van der Waals surface area contributed by atoms with Crippen molar-refractivity contribution in [3.8, 4) is 23.0 Å². The van der Waals surface area contributed by atoms with Gasteiger partial charge in [-0.05, 0) is 41.8 Å². The fraction of sp³-hybridized carbons (Fsp3) is 0.350. The number of cyclic esters (lactones) is 1. The van der Waals surface area contributed by atoms with E-state index in [1.807, 2.05) is 0 Å². The van der Waals surface area contributed by atoms with Crippen LogP contribution in [0.4, 0.5) is 0 Å². The van der Waals surface area contributed by atoms with Crippen LogP contribution in [0.5, 0.6) is 23.0 Å². The third kappa shape index (κ3) is 3.78. The van der Waals surface area contributed by atoms with Crippen LogP contribution >= 0.6 is 0 Å². The summed E-state index contributed by atoms with van der Waals surface area (Å²) < 4.78 is 15.3. The monoisotopic (exact) mass is 374 g/mol. The molecule has 1 heterocycles. The Bertz CT molecular complexity index is 848. The fourth-order valence-electron chi connectivity index (χ4n) is 3.33. The molecule has 144 valence electrons. The number of hydrogen-bond acceptors (Lipinski definition) is 7. The Kier molecular flexibility index (Phi) is 5.14. The first-order valence-corrected chi connectivity index (χ1v) is 8.47. The summed E-state index contributed by atoms with van der Waals surface area (Å²) in [4.78, 5) is 12.3. The zero-order valence-electron chi connectivity index (χ0n) is 15.1. The summed E-state index contributed by atoms with van der Waals surface area (Å²) in [7, 11) is 2.88. The van der Waals surface area contributed by atoms with E-state index in [-0.39, 0.29) is 30.9 Å². The summed E-state index contributed by atoms with van der Waals surface area (Å²) in [5, 5.41) is 30.6. The Hall–Kier alpha value is -2.93. The lowest BCUT2D eigenvalue weighted by Gasteiger charge is -2.26. The highest BCUT2D eigenvalue weighted by Crippen LogP contribution is 2.36. The number of ether oxygens (including phenoxy) is 3. The van der Waals surface area contributed by atoms with Gasteiger partial charge in [0, 0.05) is 6.42 Å². The smallest absolute Gasteiger partial charge is 0.312 e. The number of hydrogen-bond donors (Lipinski definition) is 3. The molecular weight excluding hydrogens is 352 g/mol. The number of methoxy groups -OCH3 is 2. The Balaban J connectivity index is 1.84. The molecule has 0 amide bonds. The molecule has 3 rings (SSSR count). The van der Waals surface area contributed by atoms with Gasteiger partial charge in [0.25, 0.3) is 0 Å². The second-order valence-corrected chi connectivity index (χ2v) is 6.66. The van der Waals surface area contributed by atoms with E-state index in [4.69, 9.17) is 14.2 Å². The van der Waals surface area contributed by atoms with Crippen LogP contribution in [0.2, 0.25) is 0 Å². The number of phenolic OH excluding ortho intramolecular Hbond substituents is 2. The largest absolute Gasteiger partial charge is 0.504 e. The zero-order valence-corrected chi connectivity index (χ0v) is 15.1. The van der Waals surface area contributed by atoms with E-state index in [9.17, 15) is 20.1 Å². The zero-order chi connectivity index (χ0) is 19.6. The lowest BCUT2D eigenvalue weighted by atomic mass is 9.81. The molecule has 0 saturated carbocycles. The number of carbonyl (C=O) groups is 1. The average molecular weight is 374 g/mol. The highest BCUT2D eigenvalue weighted by Gasteiger charge is 2.49. The van der Waals surface area contributed by atoms with Crippen molar-refractivity contribution >= 4 is 5.97 Å². The minimum atomic E-state index is -1.40. The SMILES string of the molecule is COc1cc(C[C@@H]2C(=O)OC[C@@]2(O)Cc2ccc(O)c(OC)c2)ccc1O. The molecule has 7 nitrogen and oxygen atoms in total. The number of aliphatic hydroxyl groups is 1. The van der Waals surface area contributed by atoms with Gasteiger partial charge in [-0.3, -0.25) is 4.79 Å². The minimum absolute atomic E-state index is 0.000253. The molecule has 0 unspecified atom stereocenters. The van der Waals surface area contributed by atoms with Gasteiger partial charge in [-0.1, -0.05) is 12.1 Å². The third-order valence-electron chi connectivity index (χ3n) is 4.84. The van der Waals surface area contributed by atoms with Gasteiger partial charge in [0.2, 0.25) is 0 Å². The van der Waals surface area contributed by atoms with Crippen LogP contribution in [0.25, 0.3) is 0 Å². The lowest BCUT2D eigenvalue weighted by molar-refractivity contribution is -0.141. The highest BCUT2D eigenvalue weighted by atomic mass is 16.6. The maximum atomic E-state index is 12.3. The van der Waals surface area contributed by atoms with Crippen molar-refractivity contribution in [2.24, 2.45) is 5.92 Å². The average Bonchev–Trinajstić information content (AvgIpc) is 2.93. The van der Waals surface area contributed by atoms with Gasteiger partial charge in [0.05, 0.1) is 20.1 Å².